The summed E-state index contributed by atoms with van der Waals surface area (Å²) in [5, 5.41) is 0.738. The first-order valence-electron chi connectivity index (χ1n) is 10.3. The lowest BCUT2D eigenvalue weighted by Crippen LogP contribution is -2.42. The Bertz CT molecular complexity index is 983. The van der Waals surface area contributed by atoms with Gasteiger partial charge in [0.2, 0.25) is 0 Å². The summed E-state index contributed by atoms with van der Waals surface area (Å²) in [6.07, 6.45) is 3.87. The van der Waals surface area contributed by atoms with Crippen LogP contribution in [-0.2, 0) is 6.54 Å². The summed E-state index contributed by atoms with van der Waals surface area (Å²) in [5.74, 6) is 0.826. The molecule has 9 heteroatoms. The van der Waals surface area contributed by atoms with Gasteiger partial charge in [-0.2, -0.15) is 0 Å². The van der Waals surface area contributed by atoms with E-state index in [4.69, 9.17) is 5.73 Å². The lowest BCUT2D eigenvalue weighted by atomic mass is 10.1. The topological polar surface area (TPSA) is 114 Å². The van der Waals surface area contributed by atoms with Gasteiger partial charge in [0.05, 0.1) is 5.03 Å². The number of H-pyrrole nitrogens is 1. The Morgan fingerprint density at radius 1 is 1.33 bits per heavy atom. The number of aromatic amines is 1. The van der Waals surface area contributed by atoms with Gasteiger partial charge < -0.3 is 10.6 Å². The van der Waals surface area contributed by atoms with E-state index in [1.54, 1.807) is 18.3 Å². The first-order chi connectivity index (χ1) is 14.3. The lowest BCUT2D eigenvalue weighted by Gasteiger charge is -2.25. The molecule has 2 rings (SSSR count). The number of aromatic nitrogens is 3. The quantitative estimate of drug-likeness (QED) is 0.557. The van der Waals surface area contributed by atoms with Crippen molar-refractivity contribution in [1.82, 2.24) is 14.5 Å². The molecule has 2 aromatic rings. The molecule has 8 nitrogen and oxygen atoms in total. The molecule has 0 bridgehead atoms. The van der Waals surface area contributed by atoms with Gasteiger partial charge in [-0.05, 0) is 36.6 Å². The second kappa shape index (κ2) is 11.0. The monoisotopic (exact) mass is 433 g/mol. The second-order valence-electron chi connectivity index (χ2n) is 7.45. The summed E-state index contributed by atoms with van der Waals surface area (Å²) < 4.78 is 1.33. The molecular formula is C21H31N5O3S. The van der Waals surface area contributed by atoms with Crippen molar-refractivity contribution >= 4 is 29.2 Å². The summed E-state index contributed by atoms with van der Waals surface area (Å²) in [4.78, 5) is 46.4. The number of hydrogen-bond acceptors (Lipinski definition) is 6. The molecule has 0 fully saturated rings. The van der Waals surface area contributed by atoms with E-state index in [-0.39, 0.29) is 17.4 Å². The van der Waals surface area contributed by atoms with Crippen molar-refractivity contribution in [3.8, 4) is 0 Å². The number of hydrogen-bond donors (Lipinski definition) is 2. The van der Waals surface area contributed by atoms with E-state index in [1.165, 1.54) is 21.2 Å². The number of nitrogens with two attached hydrogens (primary N) is 1. The van der Waals surface area contributed by atoms with Crippen LogP contribution in [-0.4, -0.2) is 32.7 Å². The van der Waals surface area contributed by atoms with Gasteiger partial charge in [-0.1, -0.05) is 34.1 Å². The predicted octanol–water partition coefficient (Wildman–Crippen LogP) is 3.12. The van der Waals surface area contributed by atoms with Crippen LogP contribution < -0.4 is 21.9 Å². The van der Waals surface area contributed by atoms with Gasteiger partial charge >= 0.3 is 5.69 Å². The van der Waals surface area contributed by atoms with E-state index in [2.05, 4.69) is 9.97 Å². The molecule has 0 aliphatic carbocycles. The Morgan fingerprint density at radius 3 is 2.70 bits per heavy atom. The highest BCUT2D eigenvalue weighted by atomic mass is 32.2. The number of rotatable bonds is 10. The molecule has 3 N–H and O–H groups in total. The third kappa shape index (κ3) is 5.75. The zero-order valence-corrected chi connectivity index (χ0v) is 18.9. The highest BCUT2D eigenvalue weighted by molar-refractivity contribution is 7.99. The van der Waals surface area contributed by atoms with Gasteiger partial charge in [0.25, 0.3) is 11.5 Å². The molecule has 0 aromatic carbocycles. The maximum Gasteiger partial charge on any atom is 0.330 e. The molecule has 0 unspecified atom stereocenters. The minimum absolute atomic E-state index is 0.0199. The molecule has 1 amide bonds. The van der Waals surface area contributed by atoms with Crippen LogP contribution in [0.2, 0.25) is 0 Å². The maximum absolute atomic E-state index is 13.4. The normalized spacial score (nSPS) is 11.1. The SMILES string of the molecule is CCCCn1c(N)c(N(CCC(C)C)C(=O)c2ccnc(SCC)c2)c(=O)[nH]c1=O. The van der Waals surface area contributed by atoms with Gasteiger partial charge in [0.1, 0.15) is 5.82 Å². The molecule has 2 aromatic heterocycles. The van der Waals surface area contributed by atoms with Crippen LogP contribution in [0.1, 0.15) is 57.3 Å². The van der Waals surface area contributed by atoms with Crippen molar-refractivity contribution in [1.29, 1.82) is 0 Å². The summed E-state index contributed by atoms with van der Waals surface area (Å²) in [5.41, 5.74) is 5.50. The standard InChI is InChI=1S/C21H31N5O3S/c1-5-7-11-26-18(22)17(19(27)24-21(26)29)25(12-9-14(3)4)20(28)15-8-10-23-16(13-15)30-6-2/h8,10,13-14H,5-7,9,11-12,22H2,1-4H3,(H,24,27,29). The van der Waals surface area contributed by atoms with E-state index >= 15 is 0 Å². The number of pyridine rings is 1. The van der Waals surface area contributed by atoms with Gasteiger partial charge in [-0.3, -0.25) is 19.1 Å². The van der Waals surface area contributed by atoms with E-state index in [0.29, 0.717) is 31.0 Å². The molecule has 0 saturated heterocycles. The number of nitrogen functional groups attached to an aromatic ring is 1. The number of carbonyl (C=O) groups excluding carboxylic acids is 1. The van der Waals surface area contributed by atoms with Crippen LogP contribution in [0.25, 0.3) is 0 Å². The summed E-state index contributed by atoms with van der Waals surface area (Å²) in [7, 11) is 0. The van der Waals surface area contributed by atoms with Gasteiger partial charge in [0, 0.05) is 24.8 Å². The van der Waals surface area contributed by atoms with E-state index in [9.17, 15) is 14.4 Å². The maximum atomic E-state index is 13.4. The summed E-state index contributed by atoms with van der Waals surface area (Å²) in [6, 6.07) is 3.35. The Labute approximate surface area is 180 Å². The molecule has 0 aliphatic rings. The number of anilines is 2. The minimum Gasteiger partial charge on any atom is -0.383 e. The Morgan fingerprint density at radius 2 is 2.07 bits per heavy atom. The van der Waals surface area contributed by atoms with Crippen LogP contribution >= 0.6 is 11.8 Å². The largest absolute Gasteiger partial charge is 0.383 e. The second-order valence-corrected chi connectivity index (χ2v) is 8.74. The molecule has 30 heavy (non-hydrogen) atoms. The molecular weight excluding hydrogens is 402 g/mol. The van der Waals surface area contributed by atoms with Gasteiger partial charge in [0.15, 0.2) is 5.69 Å². The molecule has 0 saturated carbocycles. The molecule has 0 radical (unpaired) electrons. The predicted molar refractivity (Wildman–Crippen MR) is 122 cm³/mol. The molecule has 2 heterocycles. The van der Waals surface area contributed by atoms with Crippen molar-refractivity contribution in [3.63, 3.8) is 0 Å². The fourth-order valence-electron chi connectivity index (χ4n) is 3.00. The minimum atomic E-state index is -0.653. The zero-order valence-electron chi connectivity index (χ0n) is 18.1. The number of thioether (sulfide) groups is 1. The molecule has 0 spiro atoms. The number of nitrogens with zero attached hydrogens (tertiary/aromatic N) is 3. The van der Waals surface area contributed by atoms with Gasteiger partial charge in [-0.15, -0.1) is 11.8 Å². The fraction of sp³-hybridized carbons (Fsp3) is 0.524. The average Bonchev–Trinajstić information content (AvgIpc) is 2.70. The Hall–Kier alpha value is -2.55. The third-order valence-electron chi connectivity index (χ3n) is 4.67. The number of unbranched alkanes of at least 4 members (excludes halogenated alkanes) is 1. The van der Waals surface area contributed by atoms with Crippen molar-refractivity contribution < 1.29 is 4.79 Å². The Balaban J connectivity index is 2.56. The van der Waals surface area contributed by atoms with Crippen molar-refractivity contribution in [2.24, 2.45) is 5.92 Å². The van der Waals surface area contributed by atoms with Crippen molar-refractivity contribution in [3.05, 3.63) is 44.7 Å². The summed E-state index contributed by atoms with van der Waals surface area (Å²) >= 11 is 1.53. The third-order valence-corrected chi connectivity index (χ3v) is 5.48. The molecule has 164 valence electrons. The fourth-order valence-corrected chi connectivity index (χ4v) is 3.65. The van der Waals surface area contributed by atoms with E-state index in [0.717, 1.165) is 23.6 Å². The highest BCUT2D eigenvalue weighted by Crippen LogP contribution is 2.23. The first kappa shape index (κ1) is 23.7. The molecule has 0 aliphatic heterocycles. The Kier molecular flexibility index (Phi) is 8.71. The average molecular weight is 434 g/mol. The van der Waals surface area contributed by atoms with Crippen LogP contribution in [0.3, 0.4) is 0 Å². The first-order valence-corrected chi connectivity index (χ1v) is 11.3. The van der Waals surface area contributed by atoms with E-state index in [1.807, 2.05) is 27.7 Å². The number of carbonyl (C=O) groups is 1. The van der Waals surface area contributed by atoms with Crippen LogP contribution in [0.4, 0.5) is 11.5 Å². The number of amides is 1. The smallest absolute Gasteiger partial charge is 0.330 e. The highest BCUT2D eigenvalue weighted by Gasteiger charge is 2.25. The van der Waals surface area contributed by atoms with Crippen molar-refractivity contribution in [2.45, 2.75) is 58.5 Å². The van der Waals surface area contributed by atoms with Crippen LogP contribution in [0.15, 0.2) is 32.9 Å². The van der Waals surface area contributed by atoms with Crippen LogP contribution in [0.5, 0.6) is 0 Å². The van der Waals surface area contributed by atoms with Crippen molar-refractivity contribution in [2.75, 3.05) is 22.9 Å². The van der Waals surface area contributed by atoms with Crippen LogP contribution in [0, 0.1) is 5.92 Å². The number of nitrogens with one attached hydrogen (secondary N) is 1. The summed E-state index contributed by atoms with van der Waals surface area (Å²) in [6.45, 7) is 8.79. The van der Waals surface area contributed by atoms with Gasteiger partial charge in [-0.25, -0.2) is 9.78 Å². The van der Waals surface area contributed by atoms with E-state index < -0.39 is 11.2 Å². The lowest BCUT2D eigenvalue weighted by molar-refractivity contribution is 0.0985. The molecule has 0 atom stereocenters. The zero-order chi connectivity index (χ0) is 22.3.